The smallest absolute Gasteiger partial charge is 0.00915 e. The molecule has 0 amide bonds. The molecule has 13 heavy (non-hydrogen) atoms. The molecule has 0 nitrogen and oxygen atoms in total. The molecule has 0 saturated carbocycles. The molecule has 1 aliphatic rings. The maximum atomic E-state index is 3.17. The van der Waals surface area contributed by atoms with E-state index in [-0.39, 0.29) is 0 Å². The fraction of sp³-hybridized carbons (Fsp3) is 0.231. The van der Waals surface area contributed by atoms with Gasteiger partial charge in [-0.3, -0.25) is 0 Å². The Kier molecular flexibility index (Phi) is 5.54. The minimum Gasteiger partial charge on any atom is -0.0844 e. The molecule has 0 aromatic rings. The summed E-state index contributed by atoms with van der Waals surface area (Å²) < 4.78 is 0. The molecular weight excluding hydrogens is 156 g/mol. The van der Waals surface area contributed by atoms with E-state index in [0.29, 0.717) is 0 Å². The molecule has 0 aromatic carbocycles. The maximum Gasteiger partial charge on any atom is -0.00915 e. The van der Waals surface area contributed by atoms with Crippen molar-refractivity contribution in [3.63, 3.8) is 0 Å². The Morgan fingerprint density at radius 3 is 2.23 bits per heavy atom. The molecule has 0 N–H and O–H groups in total. The third-order valence-electron chi connectivity index (χ3n) is 1.68. The van der Waals surface area contributed by atoms with E-state index in [1.54, 1.807) is 0 Å². The average Bonchev–Trinajstić information content (AvgIpc) is 2.18. The second kappa shape index (κ2) is 7.35. The van der Waals surface area contributed by atoms with Gasteiger partial charge in [-0.1, -0.05) is 54.7 Å². The van der Waals surface area contributed by atoms with E-state index in [2.05, 4.69) is 48.6 Å². The average molecular weight is 171 g/mol. The molecule has 0 atom stereocenters. The molecule has 0 bridgehead atoms. The molecule has 1 aliphatic carbocycles. The van der Waals surface area contributed by atoms with Crippen molar-refractivity contribution in [1.29, 1.82) is 0 Å². The van der Waals surface area contributed by atoms with Gasteiger partial charge in [-0.15, -0.1) is 0 Å². The topological polar surface area (TPSA) is 0 Å². The highest BCUT2D eigenvalue weighted by molar-refractivity contribution is 5.09. The van der Waals surface area contributed by atoms with Crippen molar-refractivity contribution in [1.82, 2.24) is 0 Å². The van der Waals surface area contributed by atoms with Crippen LogP contribution in [0.5, 0.6) is 0 Å². The van der Waals surface area contributed by atoms with Gasteiger partial charge in [0.1, 0.15) is 0 Å². The van der Waals surface area contributed by atoms with Gasteiger partial charge in [0, 0.05) is 0 Å². The van der Waals surface area contributed by atoms with Crippen LogP contribution in [0, 0.1) is 6.08 Å². The van der Waals surface area contributed by atoms with E-state index in [0.717, 1.165) is 19.3 Å². The first-order chi connectivity index (χ1) is 6.50. The minimum absolute atomic E-state index is 0.891. The molecule has 0 spiro atoms. The van der Waals surface area contributed by atoms with Crippen LogP contribution in [0.25, 0.3) is 0 Å². The Bertz CT molecular complexity index is 223. The molecule has 0 aliphatic heterocycles. The van der Waals surface area contributed by atoms with Gasteiger partial charge < -0.3 is 0 Å². The summed E-state index contributed by atoms with van der Waals surface area (Å²) >= 11 is 0. The van der Waals surface area contributed by atoms with E-state index in [4.69, 9.17) is 0 Å². The number of hydrogen-bond acceptors (Lipinski definition) is 0. The van der Waals surface area contributed by atoms with Gasteiger partial charge in [0.05, 0.1) is 0 Å². The largest absolute Gasteiger partial charge is 0.0844 e. The fourth-order valence-corrected chi connectivity index (χ4v) is 1.00. The van der Waals surface area contributed by atoms with Gasteiger partial charge >= 0.3 is 0 Å². The molecule has 0 fully saturated rings. The van der Waals surface area contributed by atoms with Crippen molar-refractivity contribution in [2.24, 2.45) is 0 Å². The lowest BCUT2D eigenvalue weighted by molar-refractivity contribution is 1.31. The molecular formula is C13H15. The maximum absolute atomic E-state index is 3.17. The second-order valence-corrected chi connectivity index (χ2v) is 2.80. The van der Waals surface area contributed by atoms with E-state index in [1.165, 1.54) is 0 Å². The lowest BCUT2D eigenvalue weighted by atomic mass is 10.3. The molecule has 0 heterocycles. The molecule has 0 heteroatoms. The van der Waals surface area contributed by atoms with Crippen molar-refractivity contribution in [3.8, 4) is 0 Å². The van der Waals surface area contributed by atoms with Gasteiger partial charge in [-0.05, 0) is 25.3 Å². The quantitative estimate of drug-likeness (QED) is 0.487. The van der Waals surface area contributed by atoms with Crippen LogP contribution in [0.15, 0.2) is 54.7 Å². The summed E-state index contributed by atoms with van der Waals surface area (Å²) in [6.07, 6.45) is 25.0. The summed E-state index contributed by atoms with van der Waals surface area (Å²) in [6, 6.07) is 0. The molecule has 0 saturated heterocycles. The first-order valence-corrected chi connectivity index (χ1v) is 4.68. The zero-order valence-corrected chi connectivity index (χ0v) is 7.82. The molecule has 0 unspecified atom stereocenters. The summed E-state index contributed by atoms with van der Waals surface area (Å²) in [7, 11) is 0. The normalized spacial score (nSPS) is 17.8. The van der Waals surface area contributed by atoms with Crippen LogP contribution < -0.4 is 0 Å². The predicted octanol–water partition coefficient (Wildman–Crippen LogP) is 3.75. The summed E-state index contributed by atoms with van der Waals surface area (Å²) in [5, 5.41) is 0. The van der Waals surface area contributed by atoms with Crippen LogP contribution in [-0.4, -0.2) is 0 Å². The van der Waals surface area contributed by atoms with Gasteiger partial charge in [-0.25, -0.2) is 0 Å². The van der Waals surface area contributed by atoms with Crippen LogP contribution in [-0.2, 0) is 0 Å². The molecule has 1 rings (SSSR count). The SMILES string of the molecule is [C]1=CC=CCC=CCC=CC=CC1. The van der Waals surface area contributed by atoms with Gasteiger partial charge in [0.2, 0.25) is 0 Å². The summed E-state index contributed by atoms with van der Waals surface area (Å²) in [4.78, 5) is 0. The van der Waals surface area contributed by atoms with Gasteiger partial charge in [-0.2, -0.15) is 0 Å². The number of hydrogen-bond donors (Lipinski definition) is 0. The van der Waals surface area contributed by atoms with E-state index >= 15 is 0 Å². The zero-order chi connectivity index (χ0) is 9.19. The van der Waals surface area contributed by atoms with E-state index in [1.807, 2.05) is 12.2 Å². The van der Waals surface area contributed by atoms with E-state index in [9.17, 15) is 0 Å². The Morgan fingerprint density at radius 2 is 1.38 bits per heavy atom. The van der Waals surface area contributed by atoms with Crippen LogP contribution in [0.2, 0.25) is 0 Å². The van der Waals surface area contributed by atoms with Crippen molar-refractivity contribution in [2.75, 3.05) is 0 Å². The molecule has 0 aromatic heterocycles. The highest BCUT2D eigenvalue weighted by Crippen LogP contribution is 1.94. The monoisotopic (exact) mass is 171 g/mol. The highest BCUT2D eigenvalue weighted by atomic mass is 13.8. The van der Waals surface area contributed by atoms with Crippen molar-refractivity contribution < 1.29 is 0 Å². The minimum atomic E-state index is 0.891. The Labute approximate surface area is 80.7 Å². The van der Waals surface area contributed by atoms with Gasteiger partial charge in [0.15, 0.2) is 0 Å². The van der Waals surface area contributed by atoms with Crippen molar-refractivity contribution in [2.45, 2.75) is 19.3 Å². The van der Waals surface area contributed by atoms with Crippen LogP contribution in [0.4, 0.5) is 0 Å². The van der Waals surface area contributed by atoms with Gasteiger partial charge in [0.25, 0.3) is 0 Å². The van der Waals surface area contributed by atoms with Crippen LogP contribution in [0.1, 0.15) is 19.3 Å². The lowest BCUT2D eigenvalue weighted by Crippen LogP contribution is -1.59. The molecule has 67 valence electrons. The first-order valence-electron chi connectivity index (χ1n) is 4.68. The third kappa shape index (κ3) is 5.92. The standard InChI is InChI=1S/C13H15/c1-2-4-6-8-10-12-13-11-9-7-5-3-1/h1-4,7,9-10,12-13H,5-6,11H2. The lowest BCUT2D eigenvalue weighted by Gasteiger charge is -1.80. The van der Waals surface area contributed by atoms with Crippen LogP contribution in [0.3, 0.4) is 0 Å². The highest BCUT2D eigenvalue weighted by Gasteiger charge is 1.74. The zero-order valence-electron chi connectivity index (χ0n) is 7.82. The van der Waals surface area contributed by atoms with Crippen molar-refractivity contribution in [3.05, 3.63) is 60.8 Å². The number of allylic oxidation sites excluding steroid dienone is 10. The Morgan fingerprint density at radius 1 is 0.692 bits per heavy atom. The first kappa shape index (κ1) is 9.79. The summed E-state index contributed by atoms with van der Waals surface area (Å²) in [5.74, 6) is 0. The molecule has 1 radical (unpaired) electrons. The Hall–Kier alpha value is -1.30. The van der Waals surface area contributed by atoms with Crippen molar-refractivity contribution >= 4 is 0 Å². The number of rotatable bonds is 0. The predicted molar refractivity (Wildman–Crippen MR) is 58.2 cm³/mol. The summed E-state index contributed by atoms with van der Waals surface area (Å²) in [5.41, 5.74) is 0. The Balaban J connectivity index is 2.49. The summed E-state index contributed by atoms with van der Waals surface area (Å²) in [6.45, 7) is 0. The second-order valence-electron chi connectivity index (χ2n) is 2.80. The third-order valence-corrected chi connectivity index (χ3v) is 1.68. The van der Waals surface area contributed by atoms with Crippen LogP contribution >= 0.6 is 0 Å². The fourth-order valence-electron chi connectivity index (χ4n) is 1.00. The van der Waals surface area contributed by atoms with E-state index < -0.39 is 0 Å².